The largest absolute Gasteiger partial charge is 0.481 e. The van der Waals surface area contributed by atoms with Gasteiger partial charge in [0.05, 0.1) is 24.7 Å². The summed E-state index contributed by atoms with van der Waals surface area (Å²) in [5.74, 6) is -1.72. The predicted octanol–water partition coefficient (Wildman–Crippen LogP) is 0.516. The number of carbonyl (C=O) groups is 2. The normalized spacial score (nSPS) is 26.3. The molecule has 1 aliphatic carbocycles. The molecular weight excluding hydrogens is 272 g/mol. The van der Waals surface area contributed by atoms with Gasteiger partial charge in [-0.2, -0.15) is 0 Å². The predicted molar refractivity (Wildman–Crippen MR) is 75.6 cm³/mol. The number of rotatable bonds is 4. The minimum Gasteiger partial charge on any atom is -0.481 e. The smallest absolute Gasteiger partial charge is 0.311 e. The lowest BCUT2D eigenvalue weighted by Gasteiger charge is -2.21. The molecule has 2 aliphatic rings. The highest BCUT2D eigenvalue weighted by Gasteiger charge is 2.52. The molecule has 0 spiro atoms. The van der Waals surface area contributed by atoms with Crippen molar-refractivity contribution in [2.45, 2.75) is 24.3 Å². The van der Waals surface area contributed by atoms with E-state index in [-0.39, 0.29) is 19.1 Å². The maximum absolute atomic E-state index is 12.5. The summed E-state index contributed by atoms with van der Waals surface area (Å²) in [6.45, 7) is 0.398. The molecule has 0 aromatic heterocycles. The first-order valence-corrected chi connectivity index (χ1v) is 7.00. The standard InChI is InChI=1S/C15H18N2O4/c16-10-3-1-9(2-4-10)15(5-6-15)14(20)17-12-8-21-7-11(12)13(18)19/h1-4,11-12H,5-8,16H2,(H,17,20)(H,18,19). The van der Waals surface area contributed by atoms with Crippen molar-refractivity contribution in [3.05, 3.63) is 29.8 Å². The number of carboxylic acid groups (broad SMARTS) is 1. The number of anilines is 1. The van der Waals surface area contributed by atoms with Crippen molar-refractivity contribution in [1.82, 2.24) is 5.32 Å². The maximum Gasteiger partial charge on any atom is 0.311 e. The minimum atomic E-state index is -0.935. The van der Waals surface area contributed by atoms with Crippen LogP contribution in [0.4, 0.5) is 5.69 Å². The number of hydrogen-bond acceptors (Lipinski definition) is 4. The fourth-order valence-electron chi connectivity index (χ4n) is 2.82. The number of benzene rings is 1. The van der Waals surface area contributed by atoms with Crippen LogP contribution in [0, 0.1) is 5.92 Å². The van der Waals surface area contributed by atoms with E-state index in [4.69, 9.17) is 15.6 Å². The highest BCUT2D eigenvalue weighted by molar-refractivity contribution is 5.92. The van der Waals surface area contributed by atoms with Gasteiger partial charge in [0.1, 0.15) is 5.92 Å². The van der Waals surface area contributed by atoms with Gasteiger partial charge in [0, 0.05) is 5.69 Å². The van der Waals surface area contributed by atoms with Crippen LogP contribution in [-0.4, -0.2) is 36.2 Å². The second-order valence-corrected chi connectivity index (χ2v) is 5.77. The van der Waals surface area contributed by atoms with Gasteiger partial charge in [0.2, 0.25) is 5.91 Å². The second kappa shape index (κ2) is 5.04. The fourth-order valence-corrected chi connectivity index (χ4v) is 2.82. The Kier molecular flexibility index (Phi) is 3.33. The molecule has 1 heterocycles. The molecule has 1 saturated heterocycles. The zero-order chi connectivity index (χ0) is 15.0. The molecule has 112 valence electrons. The van der Waals surface area contributed by atoms with E-state index in [1.807, 2.05) is 12.1 Å². The van der Waals surface area contributed by atoms with E-state index < -0.39 is 23.3 Å². The van der Waals surface area contributed by atoms with Crippen LogP contribution < -0.4 is 11.1 Å². The van der Waals surface area contributed by atoms with Crippen LogP contribution in [0.1, 0.15) is 18.4 Å². The summed E-state index contributed by atoms with van der Waals surface area (Å²) < 4.78 is 5.17. The van der Waals surface area contributed by atoms with Gasteiger partial charge in [0.15, 0.2) is 0 Å². The average Bonchev–Trinajstić information content (AvgIpc) is 3.13. The van der Waals surface area contributed by atoms with Gasteiger partial charge in [0.25, 0.3) is 0 Å². The first-order chi connectivity index (χ1) is 10.0. The van der Waals surface area contributed by atoms with Crippen LogP contribution in [0.5, 0.6) is 0 Å². The number of nitrogens with one attached hydrogen (secondary N) is 1. The van der Waals surface area contributed by atoms with E-state index in [9.17, 15) is 9.59 Å². The number of nitrogens with two attached hydrogens (primary N) is 1. The third-order valence-corrected chi connectivity index (χ3v) is 4.36. The minimum absolute atomic E-state index is 0.117. The molecule has 0 bridgehead atoms. The summed E-state index contributed by atoms with van der Waals surface area (Å²) in [5, 5.41) is 12.0. The number of hydrogen-bond donors (Lipinski definition) is 3. The summed E-state index contributed by atoms with van der Waals surface area (Å²) in [6.07, 6.45) is 1.54. The molecule has 2 unspecified atom stereocenters. The van der Waals surface area contributed by atoms with Crippen molar-refractivity contribution in [3.63, 3.8) is 0 Å². The van der Waals surface area contributed by atoms with Crippen LogP contribution in [0.2, 0.25) is 0 Å². The van der Waals surface area contributed by atoms with Gasteiger partial charge in [-0.3, -0.25) is 9.59 Å². The third-order valence-electron chi connectivity index (χ3n) is 4.36. The monoisotopic (exact) mass is 290 g/mol. The number of nitrogen functional groups attached to an aromatic ring is 1. The summed E-state index contributed by atoms with van der Waals surface area (Å²) in [6, 6.07) is 6.83. The Morgan fingerprint density at radius 2 is 1.90 bits per heavy atom. The number of ether oxygens (including phenoxy) is 1. The fraction of sp³-hybridized carbons (Fsp3) is 0.467. The number of carboxylic acids is 1. The zero-order valence-electron chi connectivity index (χ0n) is 11.5. The molecule has 1 aromatic carbocycles. The number of carbonyl (C=O) groups excluding carboxylic acids is 1. The van der Waals surface area contributed by atoms with E-state index in [0.717, 1.165) is 18.4 Å². The molecule has 1 amide bonds. The van der Waals surface area contributed by atoms with Crippen molar-refractivity contribution in [2.24, 2.45) is 5.92 Å². The quantitative estimate of drug-likeness (QED) is 0.702. The van der Waals surface area contributed by atoms with Gasteiger partial charge in [-0.15, -0.1) is 0 Å². The molecule has 2 atom stereocenters. The Labute approximate surface area is 122 Å². The van der Waals surface area contributed by atoms with Crippen LogP contribution in [0.3, 0.4) is 0 Å². The van der Waals surface area contributed by atoms with Crippen molar-refractivity contribution >= 4 is 17.6 Å². The van der Waals surface area contributed by atoms with E-state index in [2.05, 4.69) is 5.32 Å². The summed E-state index contributed by atoms with van der Waals surface area (Å²) in [5.41, 5.74) is 6.73. The lowest BCUT2D eigenvalue weighted by atomic mass is 9.93. The Bertz CT molecular complexity index is 566. The summed E-state index contributed by atoms with van der Waals surface area (Å²) in [4.78, 5) is 23.7. The van der Waals surface area contributed by atoms with Crippen molar-refractivity contribution in [2.75, 3.05) is 18.9 Å². The van der Waals surface area contributed by atoms with Crippen LogP contribution in [0.25, 0.3) is 0 Å². The molecule has 3 rings (SSSR count). The number of amides is 1. The van der Waals surface area contributed by atoms with E-state index in [1.54, 1.807) is 12.1 Å². The van der Waals surface area contributed by atoms with Crippen LogP contribution in [-0.2, 0) is 19.7 Å². The second-order valence-electron chi connectivity index (χ2n) is 5.77. The molecular formula is C15H18N2O4. The first-order valence-electron chi connectivity index (χ1n) is 7.00. The van der Waals surface area contributed by atoms with Gasteiger partial charge in [-0.05, 0) is 30.5 Å². The van der Waals surface area contributed by atoms with E-state index in [1.165, 1.54) is 0 Å². The lowest BCUT2D eigenvalue weighted by Crippen LogP contribution is -2.46. The van der Waals surface area contributed by atoms with Gasteiger partial charge in [-0.1, -0.05) is 12.1 Å². The van der Waals surface area contributed by atoms with Crippen LogP contribution in [0.15, 0.2) is 24.3 Å². The van der Waals surface area contributed by atoms with Gasteiger partial charge < -0.3 is 20.9 Å². The zero-order valence-corrected chi connectivity index (χ0v) is 11.5. The molecule has 1 aromatic rings. The molecule has 6 nitrogen and oxygen atoms in total. The van der Waals surface area contributed by atoms with E-state index in [0.29, 0.717) is 5.69 Å². The SMILES string of the molecule is Nc1ccc(C2(C(=O)NC3COCC3C(=O)O)CC2)cc1. The molecule has 1 aliphatic heterocycles. The molecule has 6 heteroatoms. The molecule has 2 fully saturated rings. The Morgan fingerprint density at radius 3 is 2.48 bits per heavy atom. The third kappa shape index (κ3) is 2.47. The number of aliphatic carboxylic acids is 1. The van der Waals surface area contributed by atoms with Crippen molar-refractivity contribution < 1.29 is 19.4 Å². The summed E-state index contributed by atoms with van der Waals surface area (Å²) in [7, 11) is 0. The molecule has 4 N–H and O–H groups in total. The van der Waals surface area contributed by atoms with Gasteiger partial charge in [-0.25, -0.2) is 0 Å². The molecule has 0 radical (unpaired) electrons. The Balaban J connectivity index is 1.73. The van der Waals surface area contributed by atoms with Crippen LogP contribution >= 0.6 is 0 Å². The topological polar surface area (TPSA) is 102 Å². The highest BCUT2D eigenvalue weighted by atomic mass is 16.5. The van der Waals surface area contributed by atoms with Crippen molar-refractivity contribution in [1.29, 1.82) is 0 Å². The van der Waals surface area contributed by atoms with Crippen molar-refractivity contribution in [3.8, 4) is 0 Å². The summed E-state index contributed by atoms with van der Waals surface area (Å²) >= 11 is 0. The maximum atomic E-state index is 12.5. The molecule has 21 heavy (non-hydrogen) atoms. The first kappa shape index (κ1) is 13.9. The Morgan fingerprint density at radius 1 is 1.24 bits per heavy atom. The lowest BCUT2D eigenvalue weighted by molar-refractivity contribution is -0.142. The van der Waals surface area contributed by atoms with Gasteiger partial charge >= 0.3 is 5.97 Å². The van der Waals surface area contributed by atoms with E-state index >= 15 is 0 Å². The molecule has 1 saturated carbocycles. The average molecular weight is 290 g/mol. The Hall–Kier alpha value is -2.08. The highest BCUT2D eigenvalue weighted by Crippen LogP contribution is 2.48.